The standard InChI is InChI=1S/C12H26N4O2/c1-9(2)5-7-15-11(17)8-16-12(18)10(14)4-3-6-13/h9-10H,3-8,13-14H2,1-2H3,(H,15,17)(H,16,18)/t10-/m0/s1. The van der Waals surface area contributed by atoms with Crippen LogP contribution in [0.5, 0.6) is 0 Å². The number of carbonyl (C=O) groups excluding carboxylic acids is 2. The van der Waals surface area contributed by atoms with Gasteiger partial charge >= 0.3 is 0 Å². The lowest BCUT2D eigenvalue weighted by Crippen LogP contribution is -2.45. The van der Waals surface area contributed by atoms with Gasteiger partial charge in [0.2, 0.25) is 11.8 Å². The van der Waals surface area contributed by atoms with Crippen molar-refractivity contribution in [2.75, 3.05) is 19.6 Å². The van der Waals surface area contributed by atoms with Crippen molar-refractivity contribution in [2.45, 2.75) is 39.2 Å². The first-order valence-electron chi connectivity index (χ1n) is 6.47. The molecule has 0 aromatic carbocycles. The van der Waals surface area contributed by atoms with Crippen molar-refractivity contribution in [2.24, 2.45) is 17.4 Å². The summed E-state index contributed by atoms with van der Waals surface area (Å²) in [6.07, 6.45) is 2.17. The largest absolute Gasteiger partial charge is 0.355 e. The van der Waals surface area contributed by atoms with E-state index >= 15 is 0 Å². The van der Waals surface area contributed by atoms with E-state index in [1.54, 1.807) is 0 Å². The van der Waals surface area contributed by atoms with E-state index in [1.165, 1.54) is 0 Å². The van der Waals surface area contributed by atoms with E-state index in [9.17, 15) is 9.59 Å². The Kier molecular flexibility index (Phi) is 9.22. The highest BCUT2D eigenvalue weighted by atomic mass is 16.2. The lowest BCUT2D eigenvalue weighted by Gasteiger charge is -2.12. The normalized spacial score (nSPS) is 12.3. The minimum absolute atomic E-state index is 0.0206. The SMILES string of the molecule is CC(C)CCNC(=O)CNC(=O)[C@@H](N)CCCN. The van der Waals surface area contributed by atoms with E-state index in [2.05, 4.69) is 24.5 Å². The molecule has 6 nitrogen and oxygen atoms in total. The van der Waals surface area contributed by atoms with Gasteiger partial charge in [-0.2, -0.15) is 0 Å². The number of nitrogens with two attached hydrogens (primary N) is 2. The Morgan fingerprint density at radius 2 is 1.83 bits per heavy atom. The molecule has 6 heteroatoms. The first kappa shape index (κ1) is 16.9. The minimum Gasteiger partial charge on any atom is -0.355 e. The summed E-state index contributed by atoms with van der Waals surface area (Å²) in [5, 5.41) is 5.25. The smallest absolute Gasteiger partial charge is 0.239 e. The first-order chi connectivity index (χ1) is 8.47. The molecule has 0 aliphatic rings. The fourth-order valence-corrected chi connectivity index (χ4v) is 1.33. The number of amides is 2. The summed E-state index contributed by atoms with van der Waals surface area (Å²) in [5.41, 5.74) is 11.0. The van der Waals surface area contributed by atoms with Crippen LogP contribution < -0.4 is 22.1 Å². The molecule has 0 heterocycles. The van der Waals surface area contributed by atoms with Gasteiger partial charge in [0.25, 0.3) is 0 Å². The van der Waals surface area contributed by atoms with E-state index < -0.39 is 6.04 Å². The van der Waals surface area contributed by atoms with E-state index in [0.29, 0.717) is 31.8 Å². The fourth-order valence-electron chi connectivity index (χ4n) is 1.33. The van der Waals surface area contributed by atoms with Gasteiger partial charge < -0.3 is 22.1 Å². The van der Waals surface area contributed by atoms with Gasteiger partial charge in [-0.3, -0.25) is 9.59 Å². The molecule has 0 radical (unpaired) electrons. The molecule has 1 atom stereocenters. The van der Waals surface area contributed by atoms with Crippen LogP contribution in [-0.4, -0.2) is 37.5 Å². The third-order valence-corrected chi connectivity index (χ3v) is 2.52. The summed E-state index contributed by atoms with van der Waals surface area (Å²) in [6.45, 7) is 5.30. The molecule has 6 N–H and O–H groups in total. The fraction of sp³-hybridized carbons (Fsp3) is 0.833. The van der Waals surface area contributed by atoms with Crippen molar-refractivity contribution in [1.29, 1.82) is 0 Å². The van der Waals surface area contributed by atoms with E-state index in [4.69, 9.17) is 11.5 Å². The summed E-state index contributed by atoms with van der Waals surface area (Å²) in [4.78, 5) is 22.9. The number of carbonyl (C=O) groups is 2. The second-order valence-electron chi connectivity index (χ2n) is 4.79. The molecular weight excluding hydrogens is 232 g/mol. The molecule has 0 fully saturated rings. The molecule has 0 aromatic rings. The molecule has 0 spiro atoms. The molecule has 0 aliphatic heterocycles. The van der Waals surface area contributed by atoms with Crippen LogP contribution in [0, 0.1) is 5.92 Å². The average molecular weight is 258 g/mol. The van der Waals surface area contributed by atoms with Crippen molar-refractivity contribution in [3.8, 4) is 0 Å². The molecule has 2 amide bonds. The zero-order valence-electron chi connectivity index (χ0n) is 11.4. The Bertz CT molecular complexity index is 256. The third kappa shape index (κ3) is 8.95. The van der Waals surface area contributed by atoms with Crippen molar-refractivity contribution in [3.05, 3.63) is 0 Å². The molecule has 0 unspecified atom stereocenters. The van der Waals surface area contributed by atoms with Gasteiger partial charge in [0.1, 0.15) is 0 Å². The van der Waals surface area contributed by atoms with Gasteiger partial charge in [-0.1, -0.05) is 13.8 Å². The van der Waals surface area contributed by atoms with Crippen molar-refractivity contribution >= 4 is 11.8 Å². The monoisotopic (exact) mass is 258 g/mol. The highest BCUT2D eigenvalue weighted by molar-refractivity contribution is 5.87. The Hall–Kier alpha value is -1.14. The summed E-state index contributed by atoms with van der Waals surface area (Å²) < 4.78 is 0. The van der Waals surface area contributed by atoms with Crippen LogP contribution in [0.4, 0.5) is 0 Å². The lowest BCUT2D eigenvalue weighted by atomic mass is 10.1. The number of hydrogen-bond acceptors (Lipinski definition) is 4. The average Bonchev–Trinajstić information content (AvgIpc) is 2.32. The Balaban J connectivity index is 3.67. The van der Waals surface area contributed by atoms with E-state index in [-0.39, 0.29) is 18.4 Å². The highest BCUT2D eigenvalue weighted by Gasteiger charge is 2.13. The van der Waals surface area contributed by atoms with Gasteiger partial charge in [-0.05, 0) is 31.7 Å². The van der Waals surface area contributed by atoms with Crippen LogP contribution in [0.15, 0.2) is 0 Å². The van der Waals surface area contributed by atoms with Crippen LogP contribution in [-0.2, 0) is 9.59 Å². The van der Waals surface area contributed by atoms with Crippen LogP contribution in [0.2, 0.25) is 0 Å². The maximum absolute atomic E-state index is 11.5. The minimum atomic E-state index is -0.586. The van der Waals surface area contributed by atoms with E-state index in [1.807, 2.05) is 0 Å². The Labute approximate surface area is 109 Å². The number of nitrogens with one attached hydrogen (secondary N) is 2. The topological polar surface area (TPSA) is 110 Å². The first-order valence-corrected chi connectivity index (χ1v) is 6.47. The van der Waals surface area contributed by atoms with Crippen LogP contribution >= 0.6 is 0 Å². The van der Waals surface area contributed by atoms with Crippen LogP contribution in [0.1, 0.15) is 33.1 Å². The molecule has 0 saturated heterocycles. The van der Waals surface area contributed by atoms with Gasteiger partial charge in [0.15, 0.2) is 0 Å². The molecule has 18 heavy (non-hydrogen) atoms. The number of rotatable bonds is 9. The molecule has 0 rings (SSSR count). The second kappa shape index (κ2) is 9.85. The zero-order chi connectivity index (χ0) is 14.0. The molecule has 0 aliphatic carbocycles. The third-order valence-electron chi connectivity index (χ3n) is 2.52. The highest BCUT2D eigenvalue weighted by Crippen LogP contribution is 1.96. The Morgan fingerprint density at radius 3 is 2.39 bits per heavy atom. The molecule has 0 aromatic heterocycles. The zero-order valence-corrected chi connectivity index (χ0v) is 11.4. The summed E-state index contributed by atoms with van der Waals surface area (Å²) >= 11 is 0. The maximum atomic E-state index is 11.5. The van der Waals surface area contributed by atoms with Crippen LogP contribution in [0.25, 0.3) is 0 Å². The van der Waals surface area contributed by atoms with Gasteiger partial charge in [0, 0.05) is 6.54 Å². The maximum Gasteiger partial charge on any atom is 0.239 e. The molecule has 0 bridgehead atoms. The van der Waals surface area contributed by atoms with Gasteiger partial charge in [-0.25, -0.2) is 0 Å². The van der Waals surface area contributed by atoms with Gasteiger partial charge in [0.05, 0.1) is 12.6 Å². The molecular formula is C12H26N4O2. The predicted molar refractivity (Wildman–Crippen MR) is 71.7 cm³/mol. The summed E-state index contributed by atoms with van der Waals surface area (Å²) in [7, 11) is 0. The lowest BCUT2D eigenvalue weighted by molar-refractivity contribution is -0.126. The number of hydrogen-bond donors (Lipinski definition) is 4. The van der Waals surface area contributed by atoms with Crippen molar-refractivity contribution in [1.82, 2.24) is 10.6 Å². The predicted octanol–water partition coefficient (Wildman–Crippen LogP) is -0.669. The van der Waals surface area contributed by atoms with Gasteiger partial charge in [-0.15, -0.1) is 0 Å². The molecule has 0 saturated carbocycles. The van der Waals surface area contributed by atoms with E-state index in [0.717, 1.165) is 6.42 Å². The quantitative estimate of drug-likeness (QED) is 0.439. The van der Waals surface area contributed by atoms with Crippen molar-refractivity contribution < 1.29 is 9.59 Å². The second-order valence-corrected chi connectivity index (χ2v) is 4.79. The van der Waals surface area contributed by atoms with Crippen molar-refractivity contribution in [3.63, 3.8) is 0 Å². The molecule has 106 valence electrons. The Morgan fingerprint density at radius 1 is 1.17 bits per heavy atom. The summed E-state index contributed by atoms with van der Waals surface area (Å²) in [6, 6.07) is -0.586. The summed E-state index contributed by atoms with van der Waals surface area (Å²) in [5.74, 6) is 0.0575. The van der Waals surface area contributed by atoms with Crippen LogP contribution in [0.3, 0.4) is 0 Å².